The minimum Gasteiger partial charge on any atom is -0.493 e. The van der Waals surface area contributed by atoms with Crippen LogP contribution in [0.1, 0.15) is 61.8 Å². The average Bonchev–Trinajstić information content (AvgIpc) is 3.17. The lowest BCUT2D eigenvalue weighted by Gasteiger charge is -2.12. The van der Waals surface area contributed by atoms with Crippen LogP contribution >= 0.6 is 0 Å². The Morgan fingerprint density at radius 2 is 1.79 bits per heavy atom. The van der Waals surface area contributed by atoms with E-state index in [1.807, 2.05) is 13.8 Å². The summed E-state index contributed by atoms with van der Waals surface area (Å²) in [5, 5.41) is 0. The van der Waals surface area contributed by atoms with Gasteiger partial charge < -0.3 is 9.47 Å². The molecule has 3 rings (SSSR count). The maximum Gasteiger partial charge on any atom is 0.308 e. The van der Waals surface area contributed by atoms with Crippen molar-refractivity contribution in [2.45, 2.75) is 52.9 Å². The molecule has 0 N–H and O–H groups in total. The number of allylic oxidation sites excluding steroid dienone is 1. The number of carbonyl (C=O) groups excluding carboxylic acids is 1. The van der Waals surface area contributed by atoms with Crippen LogP contribution in [0.2, 0.25) is 0 Å². The zero-order chi connectivity index (χ0) is 20.6. The summed E-state index contributed by atoms with van der Waals surface area (Å²) in [4.78, 5) is 11.7. The Morgan fingerprint density at radius 1 is 1.03 bits per heavy atom. The molecule has 2 aromatic carbocycles. The van der Waals surface area contributed by atoms with Crippen LogP contribution in [0.25, 0.3) is 11.6 Å². The average molecular weight is 393 g/mol. The van der Waals surface area contributed by atoms with E-state index in [9.17, 15) is 4.79 Å². The van der Waals surface area contributed by atoms with E-state index in [-0.39, 0.29) is 11.9 Å². The molecule has 0 fully saturated rings. The van der Waals surface area contributed by atoms with Gasteiger partial charge in [0.2, 0.25) is 0 Å². The van der Waals surface area contributed by atoms with E-state index in [4.69, 9.17) is 9.47 Å². The second-order valence-corrected chi connectivity index (χ2v) is 7.92. The molecule has 1 aliphatic rings. The molecular formula is C26H32O3. The highest BCUT2D eigenvalue weighted by atomic mass is 16.5. The highest BCUT2D eigenvalue weighted by Gasteiger charge is 2.18. The number of hydrogen-bond donors (Lipinski definition) is 0. The molecule has 0 saturated heterocycles. The first-order chi connectivity index (χ1) is 14.1. The van der Waals surface area contributed by atoms with Crippen LogP contribution in [0.5, 0.6) is 5.75 Å². The van der Waals surface area contributed by atoms with Crippen LogP contribution in [0.3, 0.4) is 0 Å². The summed E-state index contributed by atoms with van der Waals surface area (Å²) in [6.07, 6.45) is 6.86. The fourth-order valence-corrected chi connectivity index (χ4v) is 3.47. The predicted octanol–water partition coefficient (Wildman–Crippen LogP) is 6.23. The van der Waals surface area contributed by atoms with Gasteiger partial charge in [-0.2, -0.15) is 0 Å². The van der Waals surface area contributed by atoms with Crippen LogP contribution in [0, 0.1) is 12.8 Å². The standard InChI is InChI=1S/C26H32O3/c1-4-20(3)26(27)29-16-7-5-6-15-28-25-10-8-9-22-17-23(18-24(22)25)21-13-11-19(2)12-14-21/h8-14,17,20H,4-7,15-16,18H2,1-3H3. The minimum absolute atomic E-state index is 0.00285. The molecule has 1 atom stereocenters. The van der Waals surface area contributed by atoms with Crippen LogP contribution in [0.4, 0.5) is 0 Å². The number of hydrogen-bond acceptors (Lipinski definition) is 3. The zero-order valence-corrected chi connectivity index (χ0v) is 17.9. The number of esters is 1. The van der Waals surface area contributed by atoms with Crippen molar-refractivity contribution >= 4 is 17.6 Å². The third-order valence-electron chi connectivity index (χ3n) is 5.59. The molecule has 154 valence electrons. The predicted molar refractivity (Wildman–Crippen MR) is 119 cm³/mol. The summed E-state index contributed by atoms with van der Waals surface area (Å²) >= 11 is 0. The molecule has 0 saturated carbocycles. The third-order valence-corrected chi connectivity index (χ3v) is 5.59. The molecule has 0 radical (unpaired) electrons. The molecule has 3 heteroatoms. The Labute approximate surface area is 174 Å². The molecule has 0 amide bonds. The zero-order valence-electron chi connectivity index (χ0n) is 17.9. The van der Waals surface area contributed by atoms with Gasteiger partial charge >= 0.3 is 5.97 Å². The topological polar surface area (TPSA) is 35.5 Å². The first kappa shape index (κ1) is 21.2. The highest BCUT2D eigenvalue weighted by molar-refractivity contribution is 5.89. The first-order valence-corrected chi connectivity index (χ1v) is 10.8. The van der Waals surface area contributed by atoms with Crippen molar-refractivity contribution in [2.24, 2.45) is 5.92 Å². The van der Waals surface area contributed by atoms with Crippen LogP contribution in [-0.2, 0) is 16.0 Å². The van der Waals surface area contributed by atoms with E-state index in [1.165, 1.54) is 27.8 Å². The fourth-order valence-electron chi connectivity index (χ4n) is 3.47. The van der Waals surface area contributed by atoms with Crippen LogP contribution < -0.4 is 4.74 Å². The lowest BCUT2D eigenvalue weighted by atomic mass is 10.0. The van der Waals surface area contributed by atoms with Crippen LogP contribution in [-0.4, -0.2) is 19.2 Å². The lowest BCUT2D eigenvalue weighted by molar-refractivity contribution is -0.148. The maximum atomic E-state index is 11.7. The van der Waals surface area contributed by atoms with Gasteiger partial charge in [0.1, 0.15) is 5.75 Å². The lowest BCUT2D eigenvalue weighted by Crippen LogP contribution is -2.14. The normalized spacial score (nSPS) is 13.6. The second kappa shape index (κ2) is 10.3. The number of aryl methyl sites for hydroxylation is 1. The Balaban J connectivity index is 1.43. The van der Waals surface area contributed by atoms with Gasteiger partial charge in [-0.15, -0.1) is 0 Å². The first-order valence-electron chi connectivity index (χ1n) is 10.8. The number of ether oxygens (including phenoxy) is 2. The SMILES string of the molecule is CCC(C)C(=O)OCCCCCOc1cccc2c1CC(c1ccc(C)cc1)=C2. The Kier molecular flexibility index (Phi) is 7.51. The quantitative estimate of drug-likeness (QED) is 0.355. The molecule has 0 bridgehead atoms. The summed E-state index contributed by atoms with van der Waals surface area (Å²) < 4.78 is 11.4. The van der Waals surface area contributed by atoms with Crippen molar-refractivity contribution in [3.63, 3.8) is 0 Å². The summed E-state index contributed by atoms with van der Waals surface area (Å²) in [7, 11) is 0. The smallest absolute Gasteiger partial charge is 0.308 e. The van der Waals surface area contributed by atoms with Crippen molar-refractivity contribution < 1.29 is 14.3 Å². The van der Waals surface area contributed by atoms with Crippen molar-refractivity contribution in [1.82, 2.24) is 0 Å². The highest BCUT2D eigenvalue weighted by Crippen LogP contribution is 2.37. The van der Waals surface area contributed by atoms with E-state index in [2.05, 4.69) is 55.5 Å². The van der Waals surface area contributed by atoms with Gasteiger partial charge in [0.15, 0.2) is 0 Å². The van der Waals surface area contributed by atoms with Gasteiger partial charge in [-0.25, -0.2) is 0 Å². The van der Waals surface area contributed by atoms with Gasteiger partial charge in [-0.05, 0) is 55.4 Å². The third kappa shape index (κ3) is 5.72. The summed E-state index contributed by atoms with van der Waals surface area (Å²) in [5.41, 5.74) is 6.45. The molecule has 0 aromatic heterocycles. The molecule has 0 aliphatic heterocycles. The number of fused-ring (bicyclic) bond motifs is 1. The van der Waals surface area contributed by atoms with Crippen molar-refractivity contribution in [1.29, 1.82) is 0 Å². The summed E-state index contributed by atoms with van der Waals surface area (Å²) in [5.74, 6) is 0.904. The van der Waals surface area contributed by atoms with Gasteiger partial charge in [0, 0.05) is 12.0 Å². The molecule has 3 nitrogen and oxygen atoms in total. The summed E-state index contributed by atoms with van der Waals surface area (Å²) in [6, 6.07) is 15.0. The van der Waals surface area contributed by atoms with Crippen molar-refractivity contribution in [2.75, 3.05) is 13.2 Å². The fraction of sp³-hybridized carbons (Fsp3) is 0.423. The molecule has 1 aliphatic carbocycles. The minimum atomic E-state index is -0.0829. The molecule has 2 aromatic rings. The van der Waals surface area contributed by atoms with E-state index in [0.29, 0.717) is 13.2 Å². The van der Waals surface area contributed by atoms with Gasteiger partial charge in [-0.1, -0.05) is 61.9 Å². The Morgan fingerprint density at radius 3 is 2.55 bits per heavy atom. The maximum absolute atomic E-state index is 11.7. The Bertz CT molecular complexity index is 849. The van der Waals surface area contributed by atoms with Gasteiger partial charge in [-0.3, -0.25) is 4.79 Å². The molecule has 1 unspecified atom stereocenters. The van der Waals surface area contributed by atoms with Crippen molar-refractivity contribution in [3.8, 4) is 5.75 Å². The van der Waals surface area contributed by atoms with E-state index < -0.39 is 0 Å². The number of rotatable bonds is 10. The molecular weight excluding hydrogens is 360 g/mol. The van der Waals surface area contributed by atoms with E-state index in [1.54, 1.807) is 0 Å². The van der Waals surface area contributed by atoms with E-state index in [0.717, 1.165) is 37.9 Å². The molecule has 29 heavy (non-hydrogen) atoms. The monoisotopic (exact) mass is 392 g/mol. The Hall–Kier alpha value is -2.55. The largest absolute Gasteiger partial charge is 0.493 e. The van der Waals surface area contributed by atoms with Crippen LogP contribution in [0.15, 0.2) is 42.5 Å². The molecule has 0 spiro atoms. The number of unbranched alkanes of at least 4 members (excludes halogenated alkanes) is 2. The van der Waals surface area contributed by atoms with E-state index >= 15 is 0 Å². The van der Waals surface area contributed by atoms with Gasteiger partial charge in [0.25, 0.3) is 0 Å². The number of benzene rings is 2. The second-order valence-electron chi connectivity index (χ2n) is 7.92. The summed E-state index contributed by atoms with van der Waals surface area (Å²) in [6.45, 7) is 7.23. The number of carbonyl (C=O) groups is 1. The van der Waals surface area contributed by atoms with Gasteiger partial charge in [0.05, 0.1) is 19.1 Å². The van der Waals surface area contributed by atoms with Crippen molar-refractivity contribution in [3.05, 3.63) is 64.7 Å². The molecule has 0 heterocycles.